The number of hydrogen-bond donors (Lipinski definition) is 1. The number of nitrogens with one attached hydrogen (secondary N) is 1. The van der Waals surface area contributed by atoms with Crippen LogP contribution in [0.2, 0.25) is 0 Å². The van der Waals surface area contributed by atoms with Gasteiger partial charge in [-0.3, -0.25) is 9.97 Å². The summed E-state index contributed by atoms with van der Waals surface area (Å²) in [4.78, 5) is 26.2. The number of urea groups is 1. The average molecular weight is 455 g/mol. The van der Waals surface area contributed by atoms with E-state index in [0.29, 0.717) is 25.7 Å². The van der Waals surface area contributed by atoms with Crippen LogP contribution in [-0.2, 0) is 31.0 Å². The monoisotopic (exact) mass is 454 g/mol. The minimum atomic E-state index is -1.18. The lowest BCUT2D eigenvalue weighted by molar-refractivity contribution is 0.168. The van der Waals surface area contributed by atoms with Gasteiger partial charge in [0, 0.05) is 44.6 Å². The quantitative estimate of drug-likeness (QED) is 0.698. The normalized spacial score (nSPS) is 21.0. The Morgan fingerprint density at radius 2 is 1.84 bits per heavy atom. The lowest BCUT2D eigenvalue weighted by Crippen LogP contribution is -2.45. The van der Waals surface area contributed by atoms with E-state index < -0.39 is 11.4 Å². The molecule has 32 heavy (non-hydrogen) atoms. The Morgan fingerprint density at radius 1 is 1.06 bits per heavy atom. The molecule has 5 rings (SSSR count). The van der Waals surface area contributed by atoms with E-state index in [-0.39, 0.29) is 6.03 Å². The van der Waals surface area contributed by atoms with Gasteiger partial charge in [0.2, 0.25) is 0 Å². The Labute approximate surface area is 192 Å². The van der Waals surface area contributed by atoms with Gasteiger partial charge < -0.3 is 19.7 Å². The van der Waals surface area contributed by atoms with E-state index >= 15 is 0 Å². The zero-order chi connectivity index (χ0) is 21.9. The van der Waals surface area contributed by atoms with E-state index in [1.807, 2.05) is 24.4 Å². The van der Waals surface area contributed by atoms with E-state index in [1.54, 1.807) is 17.3 Å². The zero-order valence-corrected chi connectivity index (χ0v) is 19.1. The maximum atomic E-state index is 13.0. The van der Waals surface area contributed by atoms with Crippen molar-refractivity contribution in [3.63, 3.8) is 0 Å². The number of aromatic nitrogens is 2. The maximum absolute atomic E-state index is 13.0. The Balaban J connectivity index is 1.09. The molecule has 0 radical (unpaired) electrons. The van der Waals surface area contributed by atoms with Crippen LogP contribution in [0.5, 0.6) is 0 Å². The molecule has 3 aliphatic rings. The molecular formula is C23H30N6O2S. The minimum Gasteiger partial charge on any atom is -0.593 e. The van der Waals surface area contributed by atoms with E-state index in [4.69, 9.17) is 0 Å². The highest BCUT2D eigenvalue weighted by Crippen LogP contribution is 2.25. The molecule has 2 aromatic rings. The van der Waals surface area contributed by atoms with E-state index in [2.05, 4.69) is 24.5 Å². The Kier molecular flexibility index (Phi) is 6.59. The third kappa shape index (κ3) is 4.76. The molecule has 0 aromatic carbocycles. The van der Waals surface area contributed by atoms with Gasteiger partial charge >= 0.3 is 6.03 Å². The molecule has 1 N–H and O–H groups in total. The summed E-state index contributed by atoms with van der Waals surface area (Å²) in [5.41, 5.74) is 2.99. The van der Waals surface area contributed by atoms with Crippen LogP contribution in [0.1, 0.15) is 42.5 Å². The number of carbonyl (C=O) groups is 1. The molecule has 0 bridgehead atoms. The Bertz CT molecular complexity index is 903. The summed E-state index contributed by atoms with van der Waals surface area (Å²) in [6.45, 7) is 5.68. The Morgan fingerprint density at radius 3 is 2.56 bits per heavy atom. The average Bonchev–Trinajstić information content (AvgIpc) is 3.53. The molecule has 0 saturated carbocycles. The SMILES string of the molecule is O=C(NCc1ccc([S+]([O-])N2CCC(N3CCCC3)CC2)cn1)N1Cc2ccncc2C1. The lowest BCUT2D eigenvalue weighted by Gasteiger charge is -2.35. The fourth-order valence-electron chi connectivity index (χ4n) is 4.89. The standard InChI is InChI=1S/C23H30N6O2S/c30-23(28-16-18-5-8-24-13-19(18)17-28)26-14-20-3-4-22(15-25-20)32(31)29-11-6-21(7-12-29)27-9-1-2-10-27/h3-5,8,13,15,21H,1-2,6-7,9-12,14,16-17H2,(H,26,30). The predicted octanol–water partition coefficient (Wildman–Crippen LogP) is 2.28. The molecule has 9 heteroatoms. The lowest BCUT2D eigenvalue weighted by atomic mass is 10.1. The summed E-state index contributed by atoms with van der Waals surface area (Å²) < 4.78 is 15.0. The first-order chi connectivity index (χ1) is 15.7. The van der Waals surface area contributed by atoms with Crippen molar-refractivity contribution in [1.29, 1.82) is 0 Å². The molecular weight excluding hydrogens is 424 g/mol. The Hall–Kier alpha value is -2.20. The summed E-state index contributed by atoms with van der Waals surface area (Å²) in [7, 11) is 0. The third-order valence-corrected chi connectivity index (χ3v) is 8.23. The molecule has 2 aromatic heterocycles. The second-order valence-corrected chi connectivity index (χ2v) is 10.3. The number of fused-ring (bicyclic) bond motifs is 1. The fourth-order valence-corrected chi connectivity index (χ4v) is 6.06. The second kappa shape index (κ2) is 9.74. The van der Waals surface area contributed by atoms with Crippen LogP contribution in [0, 0.1) is 0 Å². The number of nitrogens with zero attached hydrogens (tertiary/aromatic N) is 5. The van der Waals surface area contributed by atoms with Crippen LogP contribution in [0.3, 0.4) is 0 Å². The van der Waals surface area contributed by atoms with Gasteiger partial charge in [-0.15, -0.1) is 4.31 Å². The van der Waals surface area contributed by atoms with Crippen LogP contribution in [0.4, 0.5) is 4.79 Å². The summed E-state index contributed by atoms with van der Waals surface area (Å²) >= 11 is -1.18. The zero-order valence-electron chi connectivity index (χ0n) is 18.3. The van der Waals surface area contributed by atoms with Crippen molar-refractivity contribution >= 4 is 17.4 Å². The third-order valence-electron chi connectivity index (χ3n) is 6.75. The van der Waals surface area contributed by atoms with Gasteiger partial charge in [-0.25, -0.2) is 4.79 Å². The number of likely N-dealkylation sites (tertiary alicyclic amines) is 1. The summed E-state index contributed by atoms with van der Waals surface area (Å²) in [5, 5.41) is 2.93. The number of amides is 2. The predicted molar refractivity (Wildman–Crippen MR) is 122 cm³/mol. The molecule has 5 heterocycles. The van der Waals surface area contributed by atoms with Gasteiger partial charge in [-0.1, -0.05) is 0 Å². The second-order valence-electron chi connectivity index (χ2n) is 8.80. The molecule has 3 aliphatic heterocycles. The first kappa shape index (κ1) is 21.6. The highest BCUT2D eigenvalue weighted by atomic mass is 32.2. The minimum absolute atomic E-state index is 0.114. The van der Waals surface area contributed by atoms with Gasteiger partial charge in [0.15, 0.2) is 4.90 Å². The first-order valence-corrected chi connectivity index (χ1v) is 12.6. The molecule has 8 nitrogen and oxygen atoms in total. The van der Waals surface area contributed by atoms with Crippen molar-refractivity contribution in [3.05, 3.63) is 53.6 Å². The molecule has 0 aliphatic carbocycles. The van der Waals surface area contributed by atoms with Crippen LogP contribution >= 0.6 is 0 Å². The number of carbonyl (C=O) groups excluding carboxylic acids is 1. The van der Waals surface area contributed by atoms with E-state index in [1.165, 1.54) is 25.9 Å². The fraction of sp³-hybridized carbons (Fsp3) is 0.522. The van der Waals surface area contributed by atoms with Crippen LogP contribution in [0.25, 0.3) is 0 Å². The van der Waals surface area contributed by atoms with Crippen LogP contribution in [-0.4, -0.2) is 66.9 Å². The summed E-state index contributed by atoms with van der Waals surface area (Å²) in [6.07, 6.45) is 10.0. The number of rotatable bonds is 5. The molecule has 2 saturated heterocycles. The van der Waals surface area contributed by atoms with Crippen molar-refractivity contribution < 1.29 is 9.35 Å². The molecule has 170 valence electrons. The number of hydrogen-bond acceptors (Lipinski definition) is 6. The van der Waals surface area contributed by atoms with E-state index in [9.17, 15) is 9.35 Å². The van der Waals surface area contributed by atoms with Crippen molar-refractivity contribution in [3.8, 4) is 0 Å². The molecule has 1 atom stereocenters. The van der Waals surface area contributed by atoms with E-state index in [0.717, 1.165) is 47.6 Å². The first-order valence-electron chi connectivity index (χ1n) is 11.5. The topological polar surface area (TPSA) is 87.7 Å². The van der Waals surface area contributed by atoms with Gasteiger partial charge in [0.1, 0.15) is 0 Å². The highest BCUT2D eigenvalue weighted by molar-refractivity contribution is 7.89. The van der Waals surface area contributed by atoms with Gasteiger partial charge in [0.05, 0.1) is 29.8 Å². The molecule has 2 amide bonds. The summed E-state index contributed by atoms with van der Waals surface area (Å²) in [6, 6.07) is 6.21. The highest BCUT2D eigenvalue weighted by Gasteiger charge is 2.32. The molecule has 2 fully saturated rings. The maximum Gasteiger partial charge on any atom is 0.318 e. The largest absolute Gasteiger partial charge is 0.593 e. The van der Waals surface area contributed by atoms with Crippen LogP contribution < -0.4 is 5.32 Å². The van der Waals surface area contributed by atoms with Crippen molar-refractivity contribution in [2.24, 2.45) is 0 Å². The summed E-state index contributed by atoms with van der Waals surface area (Å²) in [5.74, 6) is 0. The van der Waals surface area contributed by atoms with Crippen molar-refractivity contribution in [2.75, 3.05) is 26.2 Å². The van der Waals surface area contributed by atoms with Crippen molar-refractivity contribution in [2.45, 2.75) is 56.3 Å². The van der Waals surface area contributed by atoms with Crippen LogP contribution in [0.15, 0.2) is 41.7 Å². The number of piperidine rings is 1. The number of pyridine rings is 2. The van der Waals surface area contributed by atoms with Crippen molar-refractivity contribution in [1.82, 2.24) is 29.4 Å². The molecule has 0 spiro atoms. The van der Waals surface area contributed by atoms with Gasteiger partial charge in [-0.05, 0) is 68.1 Å². The molecule has 1 unspecified atom stereocenters. The van der Waals surface area contributed by atoms with Gasteiger partial charge in [0.25, 0.3) is 0 Å². The smallest absolute Gasteiger partial charge is 0.318 e. The van der Waals surface area contributed by atoms with Gasteiger partial charge in [-0.2, -0.15) is 0 Å².